The van der Waals surface area contributed by atoms with Crippen molar-refractivity contribution in [3.05, 3.63) is 66.0 Å². The number of amides is 1. The van der Waals surface area contributed by atoms with Crippen LogP contribution < -0.4 is 4.74 Å². The van der Waals surface area contributed by atoms with Crippen molar-refractivity contribution in [2.75, 3.05) is 13.7 Å². The Morgan fingerprint density at radius 3 is 2.62 bits per heavy atom. The number of nitrogens with zero attached hydrogens (tertiary/aromatic N) is 4. The Balaban J connectivity index is 1.25. The fraction of sp³-hybridized carbons (Fsp3) is 0.353. The van der Waals surface area contributed by atoms with Crippen molar-refractivity contribution in [3.8, 4) is 34.1 Å². The first-order chi connectivity index (χ1) is 20.4. The van der Waals surface area contributed by atoms with Crippen LogP contribution in [0.1, 0.15) is 42.5 Å². The summed E-state index contributed by atoms with van der Waals surface area (Å²) >= 11 is 0. The summed E-state index contributed by atoms with van der Waals surface area (Å²) in [5.41, 5.74) is 5.71. The number of hydrogen-bond donors (Lipinski definition) is 1. The van der Waals surface area contributed by atoms with Gasteiger partial charge in [0.05, 0.1) is 18.3 Å². The molecule has 5 aromatic rings. The zero-order valence-corrected chi connectivity index (χ0v) is 23.8. The Bertz CT molecular complexity index is 1880. The van der Waals surface area contributed by atoms with Gasteiger partial charge in [-0.2, -0.15) is 0 Å². The summed E-state index contributed by atoms with van der Waals surface area (Å²) in [5, 5.41) is 11.1. The van der Waals surface area contributed by atoms with E-state index in [1.54, 1.807) is 13.2 Å². The lowest BCUT2D eigenvalue weighted by molar-refractivity contribution is 0.0703. The van der Waals surface area contributed by atoms with E-state index in [9.17, 15) is 14.3 Å². The van der Waals surface area contributed by atoms with Gasteiger partial charge in [0, 0.05) is 48.7 Å². The Hall–Kier alpha value is -4.33. The lowest BCUT2D eigenvalue weighted by Crippen LogP contribution is -2.37. The highest BCUT2D eigenvalue weighted by Crippen LogP contribution is 2.41. The lowest BCUT2D eigenvalue weighted by Gasteiger charge is -2.27. The number of halogens is 1. The Morgan fingerprint density at radius 2 is 1.90 bits per heavy atom. The van der Waals surface area contributed by atoms with E-state index in [0.717, 1.165) is 71.0 Å². The molecule has 7 nitrogen and oxygen atoms in total. The van der Waals surface area contributed by atoms with Crippen LogP contribution in [-0.4, -0.2) is 49.7 Å². The van der Waals surface area contributed by atoms with Crippen molar-refractivity contribution in [3.63, 3.8) is 0 Å². The molecule has 8 heteroatoms. The van der Waals surface area contributed by atoms with Gasteiger partial charge in [-0.3, -0.25) is 4.79 Å². The summed E-state index contributed by atoms with van der Waals surface area (Å²) in [6.07, 6.45) is 5.82. The molecule has 3 aromatic carbocycles. The maximum absolute atomic E-state index is 14.1. The third-order valence-electron chi connectivity index (χ3n) is 9.56. The molecule has 1 aliphatic heterocycles. The molecule has 2 aliphatic carbocycles. The number of aromatic nitrogens is 3. The molecule has 0 radical (unpaired) electrons. The quantitative estimate of drug-likeness (QED) is 0.248. The molecule has 1 N–H and O–H groups in total. The van der Waals surface area contributed by atoms with Gasteiger partial charge >= 0.3 is 0 Å². The van der Waals surface area contributed by atoms with E-state index in [1.165, 1.54) is 25.3 Å². The molecule has 2 saturated carbocycles. The highest BCUT2D eigenvalue weighted by Gasteiger charge is 2.40. The first-order valence-corrected chi connectivity index (χ1v) is 14.9. The normalized spacial score (nSPS) is 19.8. The van der Waals surface area contributed by atoms with E-state index in [-0.39, 0.29) is 11.7 Å². The molecular formula is C34H33FN4O3. The number of benzene rings is 3. The second kappa shape index (κ2) is 9.34. The molecule has 3 aliphatic rings. The molecule has 1 saturated heterocycles. The number of rotatable bonds is 6. The fourth-order valence-electron chi connectivity index (χ4n) is 7.27. The molecule has 8 rings (SSSR count). The van der Waals surface area contributed by atoms with Gasteiger partial charge in [0.15, 0.2) is 5.82 Å². The smallest absolute Gasteiger partial charge is 0.254 e. The van der Waals surface area contributed by atoms with E-state index >= 15 is 0 Å². The average molecular weight is 565 g/mol. The van der Waals surface area contributed by atoms with Crippen molar-refractivity contribution in [2.24, 2.45) is 18.9 Å². The van der Waals surface area contributed by atoms with E-state index in [0.29, 0.717) is 34.8 Å². The van der Waals surface area contributed by atoms with Crippen LogP contribution in [0.15, 0.2) is 54.6 Å². The average Bonchev–Trinajstić information content (AvgIpc) is 3.27. The SMILES string of the molecule is COc1cc(C(=O)N2CC3CCC2C3)cc2nc(-c3cc4ccc(-c5cc(O)cc(F)c5)cc4n3CC3CC3)n(C)c12. The number of phenolic OH excluding ortho intramolecular Hbond substituents is 1. The number of carbonyl (C=O) groups is 1. The van der Waals surface area contributed by atoms with Gasteiger partial charge in [0.1, 0.15) is 22.8 Å². The molecule has 42 heavy (non-hydrogen) atoms. The Labute approximate surface area is 243 Å². The van der Waals surface area contributed by atoms with Crippen LogP contribution in [0.2, 0.25) is 0 Å². The van der Waals surface area contributed by atoms with E-state index in [4.69, 9.17) is 9.72 Å². The highest BCUT2D eigenvalue weighted by molar-refractivity contribution is 6.00. The molecule has 3 heterocycles. The second-order valence-corrected chi connectivity index (χ2v) is 12.4. The number of imidazole rings is 1. The van der Waals surface area contributed by atoms with Crippen molar-refractivity contribution >= 4 is 27.8 Å². The number of piperidine rings is 1. The minimum Gasteiger partial charge on any atom is -0.508 e. The topological polar surface area (TPSA) is 72.5 Å². The minimum absolute atomic E-state index is 0.0633. The van der Waals surface area contributed by atoms with Gasteiger partial charge in [-0.05, 0) is 91.5 Å². The molecule has 2 atom stereocenters. The Kier molecular flexibility index (Phi) is 5.65. The summed E-state index contributed by atoms with van der Waals surface area (Å²) in [5.74, 6) is 2.17. The molecule has 1 amide bonds. The molecule has 0 spiro atoms. The number of carbonyl (C=O) groups excluding carboxylic acids is 1. The minimum atomic E-state index is -0.470. The number of methoxy groups -OCH3 is 1. The molecule has 3 fully saturated rings. The maximum atomic E-state index is 14.1. The number of ether oxygens (including phenoxy) is 1. The van der Waals surface area contributed by atoms with Crippen molar-refractivity contribution < 1.29 is 19.0 Å². The molecule has 214 valence electrons. The first kappa shape index (κ1) is 25.4. The zero-order chi connectivity index (χ0) is 28.7. The van der Waals surface area contributed by atoms with Gasteiger partial charge in [-0.25, -0.2) is 9.37 Å². The van der Waals surface area contributed by atoms with Crippen LogP contribution in [-0.2, 0) is 13.6 Å². The number of phenols is 1. The Morgan fingerprint density at radius 1 is 1.05 bits per heavy atom. The monoisotopic (exact) mass is 564 g/mol. The molecule has 2 bridgehead atoms. The predicted molar refractivity (Wildman–Crippen MR) is 160 cm³/mol. The van der Waals surface area contributed by atoms with Crippen molar-refractivity contribution in [1.29, 1.82) is 0 Å². The summed E-state index contributed by atoms with van der Waals surface area (Å²) in [7, 11) is 3.64. The van der Waals surface area contributed by atoms with Gasteiger partial charge < -0.3 is 23.9 Å². The second-order valence-electron chi connectivity index (χ2n) is 12.4. The van der Waals surface area contributed by atoms with Crippen LogP contribution in [0, 0.1) is 17.7 Å². The molecular weight excluding hydrogens is 531 g/mol. The zero-order valence-electron chi connectivity index (χ0n) is 23.8. The number of aryl methyl sites for hydroxylation is 1. The number of hydrogen-bond acceptors (Lipinski definition) is 4. The van der Waals surface area contributed by atoms with E-state index in [1.807, 2.05) is 36.2 Å². The molecule has 2 aromatic heterocycles. The van der Waals surface area contributed by atoms with Crippen LogP contribution in [0.3, 0.4) is 0 Å². The van der Waals surface area contributed by atoms with Gasteiger partial charge in [0.2, 0.25) is 0 Å². The number of likely N-dealkylation sites (tertiary alicyclic amines) is 1. The van der Waals surface area contributed by atoms with E-state index < -0.39 is 5.82 Å². The van der Waals surface area contributed by atoms with Crippen LogP contribution in [0.25, 0.3) is 44.6 Å². The summed E-state index contributed by atoms with van der Waals surface area (Å²) in [6, 6.07) is 16.5. The van der Waals surface area contributed by atoms with Crippen molar-refractivity contribution in [2.45, 2.75) is 44.7 Å². The summed E-state index contributed by atoms with van der Waals surface area (Å²) < 4.78 is 24.3. The fourth-order valence-corrected chi connectivity index (χ4v) is 7.27. The predicted octanol–water partition coefficient (Wildman–Crippen LogP) is 6.75. The van der Waals surface area contributed by atoms with Crippen LogP contribution in [0.5, 0.6) is 11.5 Å². The highest BCUT2D eigenvalue weighted by atomic mass is 19.1. The summed E-state index contributed by atoms with van der Waals surface area (Å²) in [6.45, 7) is 1.70. The van der Waals surface area contributed by atoms with Crippen LogP contribution >= 0.6 is 0 Å². The van der Waals surface area contributed by atoms with Gasteiger partial charge in [-0.1, -0.05) is 12.1 Å². The maximum Gasteiger partial charge on any atom is 0.254 e. The standard InChI is InChI=1S/C34H33FN4O3/c1-37-32-28(12-24(15-31(32)42-2)34(41)38-18-20-5-8-26(38)9-20)36-33(37)30-14-22-7-6-21(23-10-25(35)16-27(40)11-23)13-29(22)39(30)17-19-3-4-19/h6-7,10-16,19-20,26,40H,3-5,8-9,17-18H2,1-2H3. The van der Waals surface area contributed by atoms with Gasteiger partial charge in [-0.15, -0.1) is 0 Å². The van der Waals surface area contributed by atoms with E-state index in [2.05, 4.69) is 21.3 Å². The summed E-state index contributed by atoms with van der Waals surface area (Å²) in [4.78, 5) is 20.7. The van der Waals surface area contributed by atoms with Crippen LogP contribution in [0.4, 0.5) is 4.39 Å². The number of fused-ring (bicyclic) bond motifs is 4. The molecule has 2 unspecified atom stereocenters. The van der Waals surface area contributed by atoms with Crippen molar-refractivity contribution in [1.82, 2.24) is 19.0 Å². The number of aromatic hydroxyl groups is 1. The third-order valence-corrected chi connectivity index (χ3v) is 9.56. The van der Waals surface area contributed by atoms with Gasteiger partial charge in [0.25, 0.3) is 5.91 Å². The third kappa shape index (κ3) is 4.07. The largest absolute Gasteiger partial charge is 0.508 e. The lowest BCUT2D eigenvalue weighted by atomic mass is 10.0. The first-order valence-electron chi connectivity index (χ1n) is 14.9.